The summed E-state index contributed by atoms with van der Waals surface area (Å²) in [6.45, 7) is 6.69. The van der Waals surface area contributed by atoms with E-state index in [1.54, 1.807) is 14.1 Å². The molecule has 0 bridgehead atoms. The van der Waals surface area contributed by atoms with Crippen LogP contribution in [0, 0.1) is 0 Å². The largest absolute Gasteiger partial charge is 0.447 e. The van der Waals surface area contributed by atoms with Crippen molar-refractivity contribution >= 4 is 6.09 Å². The van der Waals surface area contributed by atoms with E-state index in [4.69, 9.17) is 18.9 Å². The molecule has 132 valence electrons. The molecule has 1 amide bonds. The molecule has 3 aliphatic heterocycles. The van der Waals surface area contributed by atoms with Gasteiger partial charge in [0.1, 0.15) is 12.7 Å². The fraction of sp³-hybridized carbons (Fsp3) is 0.941. The highest BCUT2D eigenvalue weighted by atomic mass is 16.6. The molecule has 6 nitrogen and oxygen atoms in total. The summed E-state index contributed by atoms with van der Waals surface area (Å²) in [4.78, 5) is 12.8. The van der Waals surface area contributed by atoms with Crippen LogP contribution in [0.5, 0.6) is 0 Å². The van der Waals surface area contributed by atoms with Gasteiger partial charge >= 0.3 is 6.09 Å². The van der Waals surface area contributed by atoms with Crippen molar-refractivity contribution in [1.82, 2.24) is 4.90 Å². The zero-order valence-electron chi connectivity index (χ0n) is 14.8. The number of amides is 1. The average molecular weight is 327 g/mol. The first-order valence-electron chi connectivity index (χ1n) is 8.56. The van der Waals surface area contributed by atoms with Crippen LogP contribution in [0.15, 0.2) is 0 Å². The Morgan fingerprint density at radius 1 is 1.04 bits per heavy atom. The number of hydrogen-bond acceptors (Lipinski definition) is 5. The third-order valence-electron chi connectivity index (χ3n) is 5.25. The van der Waals surface area contributed by atoms with Crippen molar-refractivity contribution < 1.29 is 23.7 Å². The van der Waals surface area contributed by atoms with Gasteiger partial charge < -0.3 is 23.8 Å². The van der Waals surface area contributed by atoms with Crippen LogP contribution < -0.4 is 0 Å². The standard InChI is InChI=1S/C17H29NO5/c1-16(2)13(22-16)7-6-11-12(21-11)8-9-17(3)14(23-17)10-20-15(19)18(4)5/h11-14H,6-10H2,1-5H3/t11-,12-,13+,14+,17+/m1/s1. The third kappa shape index (κ3) is 4.17. The summed E-state index contributed by atoms with van der Waals surface area (Å²) in [6, 6.07) is 0. The maximum absolute atomic E-state index is 11.4. The van der Waals surface area contributed by atoms with Gasteiger partial charge in [-0.25, -0.2) is 4.79 Å². The lowest BCUT2D eigenvalue weighted by Gasteiger charge is -2.10. The predicted octanol–water partition coefficient (Wildman–Crippen LogP) is 2.35. The van der Waals surface area contributed by atoms with Gasteiger partial charge in [-0.05, 0) is 46.5 Å². The molecule has 0 aromatic heterocycles. The molecule has 0 unspecified atom stereocenters. The number of nitrogens with zero attached hydrogens (tertiary/aromatic N) is 1. The highest BCUT2D eigenvalue weighted by molar-refractivity contribution is 5.66. The Kier molecular flexibility index (Phi) is 4.36. The first-order valence-corrected chi connectivity index (χ1v) is 8.56. The Morgan fingerprint density at radius 2 is 1.70 bits per heavy atom. The van der Waals surface area contributed by atoms with E-state index in [1.807, 2.05) is 0 Å². The SMILES string of the molecule is CN(C)C(=O)OC[C@@H]1O[C@@]1(C)CC[C@H]1O[C@@H]1CC[C@@H]1OC1(C)C. The van der Waals surface area contributed by atoms with Gasteiger partial charge in [0.25, 0.3) is 0 Å². The van der Waals surface area contributed by atoms with E-state index >= 15 is 0 Å². The molecule has 0 saturated carbocycles. The Balaban J connectivity index is 1.26. The zero-order chi connectivity index (χ0) is 16.8. The molecule has 3 saturated heterocycles. The molecule has 0 aromatic carbocycles. The van der Waals surface area contributed by atoms with Crippen molar-refractivity contribution in [2.24, 2.45) is 0 Å². The zero-order valence-corrected chi connectivity index (χ0v) is 14.8. The van der Waals surface area contributed by atoms with Gasteiger partial charge in [-0.2, -0.15) is 0 Å². The van der Waals surface area contributed by atoms with E-state index in [1.165, 1.54) is 4.90 Å². The molecule has 23 heavy (non-hydrogen) atoms. The highest BCUT2D eigenvalue weighted by Crippen LogP contribution is 2.44. The second kappa shape index (κ2) is 5.90. The normalized spacial score (nSPS) is 39.7. The van der Waals surface area contributed by atoms with Gasteiger partial charge in [-0.15, -0.1) is 0 Å². The summed E-state index contributed by atoms with van der Waals surface area (Å²) in [7, 11) is 3.35. The average Bonchev–Trinajstić information content (AvgIpc) is 3.38. The van der Waals surface area contributed by atoms with E-state index < -0.39 is 0 Å². The van der Waals surface area contributed by atoms with Crippen LogP contribution in [0.25, 0.3) is 0 Å². The van der Waals surface area contributed by atoms with Crippen molar-refractivity contribution in [2.75, 3.05) is 20.7 Å². The maximum Gasteiger partial charge on any atom is 0.409 e. The second-order valence-corrected chi connectivity index (χ2v) is 7.93. The smallest absolute Gasteiger partial charge is 0.409 e. The van der Waals surface area contributed by atoms with Crippen molar-refractivity contribution in [2.45, 2.75) is 82.1 Å². The second-order valence-electron chi connectivity index (χ2n) is 7.93. The van der Waals surface area contributed by atoms with E-state index in [0.29, 0.717) is 24.9 Å². The number of epoxide rings is 3. The summed E-state index contributed by atoms with van der Waals surface area (Å²) in [5.74, 6) is 0. The minimum Gasteiger partial charge on any atom is -0.447 e. The first kappa shape index (κ1) is 17.0. The summed E-state index contributed by atoms with van der Waals surface area (Å²) in [6.07, 6.45) is 4.99. The van der Waals surface area contributed by atoms with E-state index in [9.17, 15) is 4.79 Å². The van der Waals surface area contributed by atoms with Crippen LogP contribution in [0.1, 0.15) is 46.5 Å². The van der Waals surface area contributed by atoms with E-state index in [2.05, 4.69) is 20.8 Å². The fourth-order valence-corrected chi connectivity index (χ4v) is 3.17. The lowest BCUT2D eigenvalue weighted by molar-refractivity contribution is 0.110. The molecule has 3 rings (SSSR count). The highest BCUT2D eigenvalue weighted by Gasteiger charge is 2.54. The summed E-state index contributed by atoms with van der Waals surface area (Å²) < 4.78 is 22.2. The molecular formula is C17H29NO5. The van der Waals surface area contributed by atoms with Gasteiger partial charge in [-0.1, -0.05) is 0 Å². The van der Waals surface area contributed by atoms with Gasteiger partial charge in [0, 0.05) is 14.1 Å². The van der Waals surface area contributed by atoms with Crippen molar-refractivity contribution in [3.8, 4) is 0 Å². The lowest BCUT2D eigenvalue weighted by Crippen LogP contribution is -2.25. The third-order valence-corrected chi connectivity index (χ3v) is 5.25. The van der Waals surface area contributed by atoms with E-state index in [0.717, 1.165) is 25.7 Å². The molecule has 3 aliphatic rings. The lowest BCUT2D eigenvalue weighted by atomic mass is 9.98. The molecular weight excluding hydrogens is 298 g/mol. The Morgan fingerprint density at radius 3 is 2.30 bits per heavy atom. The summed E-state index contributed by atoms with van der Waals surface area (Å²) in [5, 5.41) is 0. The monoisotopic (exact) mass is 327 g/mol. The predicted molar refractivity (Wildman–Crippen MR) is 84.4 cm³/mol. The van der Waals surface area contributed by atoms with Crippen LogP contribution in [0.2, 0.25) is 0 Å². The number of carbonyl (C=O) groups excluding carboxylic acids is 1. The van der Waals surface area contributed by atoms with Gasteiger partial charge in [0.2, 0.25) is 0 Å². The number of hydrogen-bond donors (Lipinski definition) is 0. The Labute approximate surface area is 138 Å². The minimum absolute atomic E-state index is 0.0178. The van der Waals surface area contributed by atoms with Crippen LogP contribution in [-0.2, 0) is 18.9 Å². The summed E-state index contributed by atoms with van der Waals surface area (Å²) in [5.41, 5.74) is -0.0817. The summed E-state index contributed by atoms with van der Waals surface area (Å²) >= 11 is 0. The number of rotatable bonds is 8. The van der Waals surface area contributed by atoms with Gasteiger partial charge in [0.15, 0.2) is 0 Å². The molecule has 0 spiro atoms. The van der Waals surface area contributed by atoms with Crippen molar-refractivity contribution in [3.05, 3.63) is 0 Å². The van der Waals surface area contributed by atoms with Crippen LogP contribution in [0.3, 0.4) is 0 Å². The van der Waals surface area contributed by atoms with Crippen molar-refractivity contribution in [1.29, 1.82) is 0 Å². The Bertz CT molecular complexity index is 466. The molecule has 5 atom stereocenters. The van der Waals surface area contributed by atoms with Crippen LogP contribution >= 0.6 is 0 Å². The van der Waals surface area contributed by atoms with Gasteiger partial charge in [-0.3, -0.25) is 0 Å². The maximum atomic E-state index is 11.4. The number of ether oxygens (including phenoxy) is 4. The first-order chi connectivity index (χ1) is 10.7. The Hall–Kier alpha value is -0.850. The van der Waals surface area contributed by atoms with Crippen molar-refractivity contribution in [3.63, 3.8) is 0 Å². The van der Waals surface area contributed by atoms with Crippen LogP contribution in [-0.4, -0.2) is 67.3 Å². The quantitative estimate of drug-likeness (QED) is 0.640. The van der Waals surface area contributed by atoms with Crippen LogP contribution in [0.4, 0.5) is 4.79 Å². The fourth-order valence-electron chi connectivity index (χ4n) is 3.17. The molecule has 6 heteroatoms. The van der Waals surface area contributed by atoms with E-state index in [-0.39, 0.29) is 23.4 Å². The molecule has 0 radical (unpaired) electrons. The number of carbonyl (C=O) groups is 1. The van der Waals surface area contributed by atoms with Gasteiger partial charge in [0.05, 0.1) is 29.5 Å². The molecule has 0 N–H and O–H groups in total. The minimum atomic E-state index is -0.321. The topological polar surface area (TPSA) is 67.1 Å². The molecule has 0 aliphatic carbocycles. The molecule has 0 aromatic rings. The molecule has 3 fully saturated rings. The molecule has 3 heterocycles.